The summed E-state index contributed by atoms with van der Waals surface area (Å²) in [6.07, 6.45) is 0. The van der Waals surface area contributed by atoms with E-state index < -0.39 is 0 Å². The summed E-state index contributed by atoms with van der Waals surface area (Å²) in [5, 5.41) is 6.25. The van der Waals surface area contributed by atoms with Crippen LogP contribution in [0, 0.1) is 19.3 Å². The van der Waals surface area contributed by atoms with Crippen LogP contribution in [0.15, 0.2) is 0 Å². The molecule has 0 amide bonds. The Hall–Kier alpha value is 0.00948. The summed E-state index contributed by atoms with van der Waals surface area (Å²) < 4.78 is 0. The van der Waals surface area contributed by atoms with E-state index in [1.807, 2.05) is 0 Å². The average Bonchev–Trinajstić information content (AvgIpc) is 1.00. The third-order valence-electron chi connectivity index (χ3n) is 0. The van der Waals surface area contributed by atoms with E-state index in [1.54, 1.807) is 0 Å². The van der Waals surface area contributed by atoms with Crippen LogP contribution in [0.3, 0.4) is 0 Å². The molecule has 0 unspecified atom stereocenters. The van der Waals surface area contributed by atoms with E-state index in [-0.39, 0.29) is 24.5 Å². The van der Waals surface area contributed by atoms with Gasteiger partial charge < -0.3 is 19.3 Å². The second-order valence-corrected chi connectivity index (χ2v) is 0. The summed E-state index contributed by atoms with van der Waals surface area (Å²) in [4.78, 5) is 0. The molecule has 2 heteroatoms. The van der Waals surface area contributed by atoms with Gasteiger partial charge in [0.05, 0.1) is 0 Å². The Balaban J connectivity index is -0.00000000500. The van der Waals surface area contributed by atoms with E-state index in [9.17, 15) is 0 Å². The molecule has 1 nitrogen and oxygen atoms in total. The van der Waals surface area contributed by atoms with E-state index >= 15 is 0 Å². The van der Waals surface area contributed by atoms with Crippen LogP contribution in [0.4, 0.5) is 0 Å². The Kier molecular flexibility index (Phi) is 1200000. The first-order valence-corrected chi connectivity index (χ1v) is 0.224. The zero-order valence-corrected chi connectivity index (χ0v) is 3.19. The number of hydrogen-bond donors (Lipinski definition) is 0. The molecule has 0 aromatic rings. The van der Waals surface area contributed by atoms with Crippen molar-refractivity contribution in [1.82, 2.24) is 0 Å². The van der Waals surface area contributed by atoms with Crippen molar-refractivity contribution in [2.24, 2.45) is 0 Å². The molecule has 0 rings (SSSR count). The summed E-state index contributed by atoms with van der Waals surface area (Å²) in [6.45, 7) is 4.75. The van der Waals surface area contributed by atoms with Crippen LogP contribution in [-0.4, -0.2) is 0 Å². The number of rotatable bonds is 0. The van der Waals surface area contributed by atoms with Crippen molar-refractivity contribution in [3.8, 4) is 0 Å². The molecule has 27 valence electrons. The standard InChI is InChI=1S/CN.CH3.Cu/c1-2;;/h;1H3;/q2*-1;+2. The molecule has 0 aliphatic heterocycles. The Morgan fingerprint density at radius 1 is 1.25 bits per heavy atom. The predicted molar refractivity (Wildman–Crippen MR) is 11.4 cm³/mol. The van der Waals surface area contributed by atoms with Gasteiger partial charge in [0.15, 0.2) is 0 Å². The molecule has 0 aliphatic carbocycles. The van der Waals surface area contributed by atoms with E-state index in [4.69, 9.17) is 11.8 Å². The van der Waals surface area contributed by atoms with Crippen molar-refractivity contribution in [2.75, 3.05) is 0 Å². The monoisotopic (exact) mass is 104 g/mol. The van der Waals surface area contributed by atoms with E-state index in [0.717, 1.165) is 0 Å². The van der Waals surface area contributed by atoms with Crippen molar-refractivity contribution < 1.29 is 17.1 Å². The van der Waals surface area contributed by atoms with Crippen molar-refractivity contribution in [2.45, 2.75) is 0 Å². The molecule has 0 aromatic carbocycles. The fourth-order valence-corrected chi connectivity index (χ4v) is 0. The molecule has 0 spiro atoms. The molecule has 1 radical (unpaired) electrons. The van der Waals surface area contributed by atoms with E-state index in [0.29, 0.717) is 0 Å². The zero-order valence-electron chi connectivity index (χ0n) is 2.25. The third-order valence-corrected chi connectivity index (χ3v) is 0. The first kappa shape index (κ1) is 35.6. The predicted octanol–water partition coefficient (Wildman–Crippen LogP) is 0.544. The fourth-order valence-electron chi connectivity index (χ4n) is 0. The maximum Gasteiger partial charge on any atom is 2.00 e. The molecule has 0 saturated carbocycles. The molecule has 0 N–H and O–H groups in total. The number of hydrogen-bond acceptors (Lipinski definition) is 1. The first-order valence-electron chi connectivity index (χ1n) is 0.224. The molecule has 4 heavy (non-hydrogen) atoms. The van der Waals surface area contributed by atoms with Crippen molar-refractivity contribution >= 4 is 0 Å². The average molecular weight is 105 g/mol. The van der Waals surface area contributed by atoms with Gasteiger partial charge in [-0.3, -0.25) is 0 Å². The molecule has 0 aliphatic rings. The Morgan fingerprint density at radius 2 is 1.25 bits per heavy atom. The summed E-state index contributed by atoms with van der Waals surface area (Å²) in [7, 11) is 0. The smallest absolute Gasteiger partial charge is 0.512 e. The maximum atomic E-state index is 6.25. The molecule has 0 aromatic heterocycles. The van der Waals surface area contributed by atoms with Gasteiger partial charge in [0.1, 0.15) is 0 Å². The van der Waals surface area contributed by atoms with Crippen molar-refractivity contribution in [3.05, 3.63) is 14.0 Å². The summed E-state index contributed by atoms with van der Waals surface area (Å²) in [5.41, 5.74) is 0. The summed E-state index contributed by atoms with van der Waals surface area (Å²) >= 11 is 0. The van der Waals surface area contributed by atoms with Gasteiger partial charge in [0.2, 0.25) is 0 Å². The minimum atomic E-state index is 0. The van der Waals surface area contributed by atoms with Crippen LogP contribution in [0.5, 0.6) is 0 Å². The maximum absolute atomic E-state index is 6.25. The van der Waals surface area contributed by atoms with E-state index in [2.05, 4.69) is 0 Å². The number of nitrogens with zero attached hydrogens (tertiary/aromatic N) is 1. The molecule has 0 saturated heterocycles. The minimum Gasteiger partial charge on any atom is -0.512 e. The van der Waals surface area contributed by atoms with Crippen LogP contribution in [0.2, 0.25) is 0 Å². The van der Waals surface area contributed by atoms with Gasteiger partial charge in [-0.15, -0.1) is 0 Å². The molecular formula is C2H3CuN. The third kappa shape index (κ3) is 22800. The molecule has 0 atom stereocenters. The quantitative estimate of drug-likeness (QED) is 0.325. The molecule has 0 fully saturated rings. The summed E-state index contributed by atoms with van der Waals surface area (Å²) in [5.74, 6) is 0. The van der Waals surface area contributed by atoms with Gasteiger partial charge in [-0.25, -0.2) is 0 Å². The molecule has 0 bridgehead atoms. The zero-order chi connectivity index (χ0) is 2.00. The Labute approximate surface area is 37.1 Å². The van der Waals surface area contributed by atoms with Crippen LogP contribution < -0.4 is 0 Å². The van der Waals surface area contributed by atoms with Gasteiger partial charge in [-0.1, -0.05) is 0 Å². The van der Waals surface area contributed by atoms with Gasteiger partial charge in [0, 0.05) is 0 Å². The van der Waals surface area contributed by atoms with Crippen LogP contribution in [-0.2, 0) is 17.1 Å². The summed E-state index contributed by atoms with van der Waals surface area (Å²) in [6, 6.07) is 0. The van der Waals surface area contributed by atoms with Crippen molar-refractivity contribution in [1.29, 1.82) is 5.26 Å². The van der Waals surface area contributed by atoms with Gasteiger partial charge in [-0.2, -0.15) is 0 Å². The van der Waals surface area contributed by atoms with Crippen molar-refractivity contribution in [3.63, 3.8) is 0 Å². The second kappa shape index (κ2) is 135000. The Morgan fingerprint density at radius 3 is 1.25 bits per heavy atom. The SMILES string of the molecule is [C-]#N.[CH3-].[Cu+2]. The van der Waals surface area contributed by atoms with Crippen LogP contribution >= 0.6 is 0 Å². The second-order valence-electron chi connectivity index (χ2n) is 0. The Bertz CT molecular complexity index is 10.8. The van der Waals surface area contributed by atoms with Crippen LogP contribution in [0.1, 0.15) is 0 Å². The molecular weight excluding hydrogens is 102 g/mol. The normalized spacial score (nSPS) is 0.500. The largest absolute Gasteiger partial charge is 2.00 e. The topological polar surface area (TPSA) is 23.8 Å². The van der Waals surface area contributed by atoms with Crippen LogP contribution in [0.25, 0.3) is 0 Å². The minimum absolute atomic E-state index is 0. The molecule has 0 heterocycles. The van der Waals surface area contributed by atoms with Gasteiger partial charge in [0.25, 0.3) is 0 Å². The van der Waals surface area contributed by atoms with E-state index in [1.165, 1.54) is 0 Å². The van der Waals surface area contributed by atoms with Gasteiger partial charge >= 0.3 is 17.1 Å². The first-order chi connectivity index (χ1) is 1.00. The fraction of sp³-hybridized carbons (Fsp3) is 0. The van der Waals surface area contributed by atoms with Gasteiger partial charge in [-0.05, 0) is 0 Å².